The van der Waals surface area contributed by atoms with Crippen LogP contribution in [0.25, 0.3) is 11.3 Å². The molecule has 5 nitrogen and oxygen atoms in total. The van der Waals surface area contributed by atoms with E-state index >= 15 is 0 Å². The second-order valence-electron chi connectivity index (χ2n) is 5.61. The van der Waals surface area contributed by atoms with Gasteiger partial charge in [0.1, 0.15) is 0 Å². The van der Waals surface area contributed by atoms with E-state index in [9.17, 15) is 0 Å². The number of nitriles is 1. The molecule has 0 radical (unpaired) electrons. The van der Waals surface area contributed by atoms with E-state index in [0.717, 1.165) is 50.7 Å². The molecule has 0 saturated carbocycles. The average Bonchev–Trinajstić information content (AvgIpc) is 3.26. The fourth-order valence-electron chi connectivity index (χ4n) is 2.73. The number of rotatable bonds is 7. The van der Waals surface area contributed by atoms with Gasteiger partial charge in [0.05, 0.1) is 25.0 Å². The molecule has 22 heavy (non-hydrogen) atoms. The summed E-state index contributed by atoms with van der Waals surface area (Å²) in [6, 6.07) is 6.36. The van der Waals surface area contributed by atoms with Gasteiger partial charge in [-0.05, 0) is 29.9 Å². The Hall–Kier alpha value is -1.68. The molecule has 0 amide bonds. The van der Waals surface area contributed by atoms with Crippen LogP contribution in [0.5, 0.6) is 0 Å². The molecule has 0 unspecified atom stereocenters. The smallest absolute Gasteiger partial charge is 0.0932 e. The van der Waals surface area contributed by atoms with E-state index in [1.54, 1.807) is 11.3 Å². The van der Waals surface area contributed by atoms with Crippen LogP contribution >= 0.6 is 11.3 Å². The summed E-state index contributed by atoms with van der Waals surface area (Å²) in [5.74, 6) is 0.575. The summed E-state index contributed by atoms with van der Waals surface area (Å²) in [4.78, 5) is 2.30. The Morgan fingerprint density at radius 3 is 3.18 bits per heavy atom. The summed E-state index contributed by atoms with van der Waals surface area (Å²) in [6.07, 6.45) is 3.67. The maximum Gasteiger partial charge on any atom is 0.0932 e. The van der Waals surface area contributed by atoms with Crippen molar-refractivity contribution in [2.75, 3.05) is 26.3 Å². The molecule has 2 aromatic rings. The van der Waals surface area contributed by atoms with Crippen molar-refractivity contribution in [1.29, 1.82) is 5.26 Å². The van der Waals surface area contributed by atoms with Gasteiger partial charge in [-0.25, -0.2) is 0 Å². The Bertz CT molecular complexity index is 610. The quantitative estimate of drug-likeness (QED) is 0.788. The molecule has 2 aromatic heterocycles. The number of thiophene rings is 1. The van der Waals surface area contributed by atoms with Crippen molar-refractivity contribution in [3.05, 3.63) is 29.1 Å². The Morgan fingerprint density at radius 1 is 1.50 bits per heavy atom. The molecule has 1 aliphatic rings. The molecule has 0 N–H and O–H groups in total. The van der Waals surface area contributed by atoms with Crippen molar-refractivity contribution in [1.82, 2.24) is 14.7 Å². The highest BCUT2D eigenvalue weighted by atomic mass is 32.1. The first-order valence-corrected chi connectivity index (χ1v) is 8.52. The van der Waals surface area contributed by atoms with Crippen molar-refractivity contribution in [2.45, 2.75) is 19.5 Å². The monoisotopic (exact) mass is 316 g/mol. The fraction of sp³-hybridized carbons (Fsp3) is 0.500. The van der Waals surface area contributed by atoms with Crippen LogP contribution in [0.4, 0.5) is 0 Å². The molecular formula is C16H20N4OS. The Labute approximate surface area is 134 Å². The van der Waals surface area contributed by atoms with Gasteiger partial charge in [-0.15, -0.1) is 0 Å². The molecule has 1 fully saturated rings. The minimum absolute atomic E-state index is 0.548. The molecule has 3 rings (SSSR count). The normalized spacial score (nSPS) is 17.9. The topological polar surface area (TPSA) is 54.1 Å². The van der Waals surface area contributed by atoms with E-state index in [1.807, 2.05) is 16.9 Å². The molecule has 0 spiro atoms. The van der Waals surface area contributed by atoms with E-state index in [-0.39, 0.29) is 0 Å². The first-order valence-electron chi connectivity index (χ1n) is 7.58. The van der Waals surface area contributed by atoms with Gasteiger partial charge in [-0.1, -0.05) is 0 Å². The summed E-state index contributed by atoms with van der Waals surface area (Å²) in [7, 11) is 0. The standard InChI is InChI=1S/C16H20N4OS/c17-5-1-6-19(10-14-3-8-21-11-14)13-20-7-2-16(18-20)15-4-9-22-12-15/h2,4,7,9,12,14H,1,3,6,8,10-11,13H2/t14-/m1/s1. The lowest BCUT2D eigenvalue weighted by molar-refractivity contribution is 0.149. The predicted octanol–water partition coefficient (Wildman–Crippen LogP) is 2.82. The zero-order chi connectivity index (χ0) is 15.2. The second-order valence-corrected chi connectivity index (χ2v) is 6.39. The molecule has 0 aromatic carbocycles. The zero-order valence-electron chi connectivity index (χ0n) is 12.5. The van der Waals surface area contributed by atoms with Gasteiger partial charge in [-0.2, -0.15) is 21.7 Å². The van der Waals surface area contributed by atoms with Crippen molar-refractivity contribution in [3.8, 4) is 17.3 Å². The van der Waals surface area contributed by atoms with Crippen LogP contribution in [-0.4, -0.2) is 41.0 Å². The number of aromatic nitrogens is 2. The van der Waals surface area contributed by atoms with Crippen molar-refractivity contribution in [3.63, 3.8) is 0 Å². The van der Waals surface area contributed by atoms with Crippen molar-refractivity contribution in [2.24, 2.45) is 5.92 Å². The SMILES string of the molecule is N#CCCN(C[C@H]1CCOC1)Cn1ccc(-c2ccsc2)n1. The number of nitrogens with zero attached hydrogens (tertiary/aromatic N) is 4. The van der Waals surface area contributed by atoms with Crippen LogP contribution in [-0.2, 0) is 11.4 Å². The average molecular weight is 316 g/mol. The maximum absolute atomic E-state index is 8.85. The van der Waals surface area contributed by atoms with Crippen molar-refractivity contribution >= 4 is 11.3 Å². The third-order valence-corrected chi connectivity index (χ3v) is 4.57. The number of hydrogen-bond acceptors (Lipinski definition) is 5. The van der Waals surface area contributed by atoms with E-state index in [0.29, 0.717) is 12.3 Å². The molecule has 3 heterocycles. The van der Waals surface area contributed by atoms with Gasteiger partial charge in [0.15, 0.2) is 0 Å². The molecule has 0 aliphatic carbocycles. The molecule has 6 heteroatoms. The molecule has 1 aliphatic heterocycles. The molecule has 1 saturated heterocycles. The highest BCUT2D eigenvalue weighted by molar-refractivity contribution is 7.08. The van der Waals surface area contributed by atoms with Gasteiger partial charge >= 0.3 is 0 Å². The summed E-state index contributed by atoms with van der Waals surface area (Å²) >= 11 is 1.68. The van der Waals surface area contributed by atoms with Gasteiger partial charge < -0.3 is 4.74 Å². The van der Waals surface area contributed by atoms with Crippen LogP contribution in [0.15, 0.2) is 29.1 Å². The minimum atomic E-state index is 0.548. The largest absolute Gasteiger partial charge is 0.381 e. The maximum atomic E-state index is 8.85. The molecule has 0 bridgehead atoms. The summed E-state index contributed by atoms with van der Waals surface area (Å²) in [6.45, 7) is 4.17. The van der Waals surface area contributed by atoms with E-state index in [1.165, 1.54) is 0 Å². The fourth-order valence-corrected chi connectivity index (χ4v) is 3.38. The third-order valence-electron chi connectivity index (χ3n) is 3.88. The van der Waals surface area contributed by atoms with Crippen molar-refractivity contribution < 1.29 is 4.74 Å². The van der Waals surface area contributed by atoms with Gasteiger partial charge in [0.2, 0.25) is 0 Å². The van der Waals surface area contributed by atoms with Crippen LogP contribution < -0.4 is 0 Å². The zero-order valence-corrected chi connectivity index (χ0v) is 13.3. The first kappa shape index (κ1) is 15.2. The summed E-state index contributed by atoms with van der Waals surface area (Å²) < 4.78 is 7.41. The predicted molar refractivity (Wildman–Crippen MR) is 86.3 cm³/mol. The Kier molecular flexibility index (Phi) is 5.22. The Balaban J connectivity index is 1.63. The van der Waals surface area contributed by atoms with Gasteiger partial charge in [0.25, 0.3) is 0 Å². The third kappa shape index (κ3) is 3.95. The number of hydrogen-bond donors (Lipinski definition) is 0. The van der Waals surface area contributed by atoms with Crippen LogP contribution in [0.1, 0.15) is 12.8 Å². The van der Waals surface area contributed by atoms with Crippen LogP contribution in [0, 0.1) is 17.2 Å². The van der Waals surface area contributed by atoms with E-state index < -0.39 is 0 Å². The molecule has 1 atom stereocenters. The first-order chi connectivity index (χ1) is 10.8. The highest BCUT2D eigenvalue weighted by Gasteiger charge is 2.19. The molecular weight excluding hydrogens is 296 g/mol. The van der Waals surface area contributed by atoms with E-state index in [4.69, 9.17) is 10.00 Å². The number of ether oxygens (including phenoxy) is 1. The molecule has 116 valence electrons. The summed E-state index contributed by atoms with van der Waals surface area (Å²) in [5, 5.41) is 17.7. The second kappa shape index (κ2) is 7.54. The van der Waals surface area contributed by atoms with Gasteiger partial charge in [0, 0.05) is 43.3 Å². The lowest BCUT2D eigenvalue weighted by atomic mass is 10.1. The van der Waals surface area contributed by atoms with Crippen LogP contribution in [0.2, 0.25) is 0 Å². The summed E-state index contributed by atoms with van der Waals surface area (Å²) in [5.41, 5.74) is 2.17. The lowest BCUT2D eigenvalue weighted by Gasteiger charge is -2.23. The van der Waals surface area contributed by atoms with E-state index in [2.05, 4.69) is 32.9 Å². The van der Waals surface area contributed by atoms with Crippen LogP contribution in [0.3, 0.4) is 0 Å². The van der Waals surface area contributed by atoms with Gasteiger partial charge in [-0.3, -0.25) is 9.58 Å². The lowest BCUT2D eigenvalue weighted by Crippen LogP contribution is -2.32. The Morgan fingerprint density at radius 2 is 2.45 bits per heavy atom. The highest BCUT2D eigenvalue weighted by Crippen LogP contribution is 2.20. The minimum Gasteiger partial charge on any atom is -0.381 e.